The van der Waals surface area contributed by atoms with Crippen LogP contribution >= 0.6 is 11.3 Å². The third-order valence-electron chi connectivity index (χ3n) is 6.40. The van der Waals surface area contributed by atoms with Gasteiger partial charge in [0, 0.05) is 17.7 Å². The lowest BCUT2D eigenvalue weighted by Gasteiger charge is -2.34. The van der Waals surface area contributed by atoms with Gasteiger partial charge in [0.1, 0.15) is 16.9 Å². The van der Waals surface area contributed by atoms with Crippen molar-refractivity contribution >= 4 is 17.3 Å². The summed E-state index contributed by atoms with van der Waals surface area (Å²) in [5.41, 5.74) is 2.85. The molecule has 3 aliphatic rings. The van der Waals surface area contributed by atoms with E-state index in [1.54, 1.807) is 5.38 Å². The maximum absolute atomic E-state index is 11.1. The largest absolute Gasteiger partial charge is 0.493 e. The van der Waals surface area contributed by atoms with Crippen molar-refractivity contribution in [3.05, 3.63) is 45.4 Å². The van der Waals surface area contributed by atoms with Crippen LogP contribution in [0.1, 0.15) is 52.0 Å². The van der Waals surface area contributed by atoms with Gasteiger partial charge in [-0.05, 0) is 54.9 Å². The SMILES string of the molecule is O=C(O)c1csc([C@H]2CC[C@@H]3[C@@H](COc4ccc5c(c4)CC5)[C@H](O)C[C@@H]3O2)n1. The number of aliphatic hydroxyl groups is 1. The number of nitrogens with zero attached hydrogens (tertiary/aromatic N) is 1. The number of carbonyl (C=O) groups is 1. The number of ether oxygens (including phenoxy) is 2. The molecule has 28 heavy (non-hydrogen) atoms. The Bertz CT molecular complexity index is 897. The third kappa shape index (κ3) is 3.21. The fourth-order valence-electron chi connectivity index (χ4n) is 4.73. The Kier molecular flexibility index (Phi) is 4.61. The molecule has 0 bridgehead atoms. The van der Waals surface area contributed by atoms with E-state index in [0.717, 1.165) is 31.4 Å². The van der Waals surface area contributed by atoms with Crippen LogP contribution in [0.25, 0.3) is 0 Å². The number of carboxylic acids is 1. The number of aromatic carboxylic acids is 1. The first kappa shape index (κ1) is 18.1. The minimum atomic E-state index is -1.01. The molecule has 1 aromatic heterocycles. The Labute approximate surface area is 167 Å². The number of aromatic nitrogens is 1. The zero-order valence-corrected chi connectivity index (χ0v) is 16.2. The maximum atomic E-state index is 11.1. The zero-order chi connectivity index (χ0) is 19.3. The van der Waals surface area contributed by atoms with Crippen LogP contribution in [0, 0.1) is 11.8 Å². The number of rotatable bonds is 5. The van der Waals surface area contributed by atoms with E-state index in [4.69, 9.17) is 14.6 Å². The van der Waals surface area contributed by atoms with Crippen LogP contribution in [-0.4, -0.2) is 40.0 Å². The molecular weight excluding hydrogens is 378 g/mol. The Balaban J connectivity index is 1.22. The summed E-state index contributed by atoms with van der Waals surface area (Å²) in [6.07, 6.45) is 3.94. The monoisotopic (exact) mass is 401 g/mol. The van der Waals surface area contributed by atoms with Gasteiger partial charge >= 0.3 is 5.97 Å². The highest BCUT2D eigenvalue weighted by Crippen LogP contribution is 2.46. The van der Waals surface area contributed by atoms with Crippen LogP contribution < -0.4 is 4.74 Å². The molecule has 2 fully saturated rings. The van der Waals surface area contributed by atoms with Crippen molar-refractivity contribution in [1.29, 1.82) is 0 Å². The number of aryl methyl sites for hydroxylation is 2. The van der Waals surface area contributed by atoms with Crippen molar-refractivity contribution in [3.63, 3.8) is 0 Å². The molecule has 7 heteroatoms. The quantitative estimate of drug-likeness (QED) is 0.800. The smallest absolute Gasteiger partial charge is 0.355 e. The molecule has 2 heterocycles. The standard InChI is InChI=1S/C21H23NO5S/c23-17-8-19-14(5-6-18(27-19)20-22-16(10-28-20)21(24)25)15(17)9-26-13-4-3-11-1-2-12(11)7-13/h3-4,7,10,14-15,17-19,23H,1-2,5-6,8-9H2,(H,24,25)/t14-,15-,17-,18-,19+/m1/s1. The van der Waals surface area contributed by atoms with Gasteiger partial charge in [0.05, 0.1) is 18.8 Å². The van der Waals surface area contributed by atoms with Crippen LogP contribution in [0.15, 0.2) is 23.6 Å². The highest BCUT2D eigenvalue weighted by Gasteiger charge is 2.47. The molecule has 148 valence electrons. The van der Waals surface area contributed by atoms with Gasteiger partial charge in [0.2, 0.25) is 0 Å². The van der Waals surface area contributed by atoms with Gasteiger partial charge in [-0.2, -0.15) is 0 Å². The summed E-state index contributed by atoms with van der Waals surface area (Å²) < 4.78 is 12.3. The van der Waals surface area contributed by atoms with Crippen molar-refractivity contribution in [2.24, 2.45) is 11.8 Å². The van der Waals surface area contributed by atoms with Crippen molar-refractivity contribution in [2.75, 3.05) is 6.61 Å². The van der Waals surface area contributed by atoms with Gasteiger partial charge < -0.3 is 19.7 Å². The molecule has 1 saturated heterocycles. The predicted molar refractivity (Wildman–Crippen MR) is 103 cm³/mol. The molecular formula is C21H23NO5S. The molecule has 0 amide bonds. The Morgan fingerprint density at radius 3 is 2.86 bits per heavy atom. The molecule has 0 unspecified atom stereocenters. The van der Waals surface area contributed by atoms with E-state index in [1.807, 2.05) is 6.07 Å². The molecule has 1 saturated carbocycles. The highest BCUT2D eigenvalue weighted by atomic mass is 32.1. The molecule has 0 spiro atoms. The Hall–Kier alpha value is -1.96. The summed E-state index contributed by atoms with van der Waals surface area (Å²) in [5, 5.41) is 21.9. The van der Waals surface area contributed by atoms with Crippen molar-refractivity contribution < 1.29 is 24.5 Å². The van der Waals surface area contributed by atoms with Gasteiger partial charge in [0.25, 0.3) is 0 Å². The molecule has 1 aliphatic heterocycles. The molecule has 2 aromatic rings. The molecule has 2 aliphatic carbocycles. The molecule has 5 rings (SSSR count). The van der Waals surface area contributed by atoms with Crippen LogP contribution in [0.4, 0.5) is 0 Å². The highest BCUT2D eigenvalue weighted by molar-refractivity contribution is 7.09. The van der Waals surface area contributed by atoms with E-state index < -0.39 is 12.1 Å². The fraction of sp³-hybridized carbons (Fsp3) is 0.524. The fourth-order valence-corrected chi connectivity index (χ4v) is 5.59. The number of thiazole rings is 1. The third-order valence-corrected chi connectivity index (χ3v) is 7.33. The second-order valence-electron chi connectivity index (χ2n) is 7.99. The second-order valence-corrected chi connectivity index (χ2v) is 8.88. The Morgan fingerprint density at radius 2 is 2.14 bits per heavy atom. The van der Waals surface area contributed by atoms with Crippen LogP contribution in [0.2, 0.25) is 0 Å². The summed E-state index contributed by atoms with van der Waals surface area (Å²) in [5.74, 6) is 0.188. The van der Waals surface area contributed by atoms with Crippen molar-refractivity contribution in [3.8, 4) is 5.75 Å². The van der Waals surface area contributed by atoms with E-state index in [2.05, 4.69) is 17.1 Å². The molecule has 2 N–H and O–H groups in total. The molecule has 1 aromatic carbocycles. The number of carboxylic acid groups (broad SMARTS) is 1. The number of hydrogen-bond donors (Lipinski definition) is 2. The van der Waals surface area contributed by atoms with Crippen molar-refractivity contribution in [2.45, 2.75) is 50.4 Å². The van der Waals surface area contributed by atoms with Crippen LogP contribution in [0.5, 0.6) is 5.75 Å². The molecule has 6 nitrogen and oxygen atoms in total. The minimum absolute atomic E-state index is 0.0312. The molecule has 0 radical (unpaired) electrons. The lowest BCUT2D eigenvalue weighted by atomic mass is 9.87. The number of fused-ring (bicyclic) bond motifs is 2. The molecule has 5 atom stereocenters. The van der Waals surface area contributed by atoms with E-state index in [0.29, 0.717) is 18.0 Å². The van der Waals surface area contributed by atoms with E-state index in [9.17, 15) is 9.90 Å². The topological polar surface area (TPSA) is 88.9 Å². The van der Waals surface area contributed by atoms with Crippen molar-refractivity contribution in [1.82, 2.24) is 4.98 Å². The predicted octanol–water partition coefficient (Wildman–Crippen LogP) is 3.24. The number of benzene rings is 1. The lowest BCUT2D eigenvalue weighted by molar-refractivity contribution is -0.0811. The first-order valence-corrected chi connectivity index (χ1v) is 10.7. The summed E-state index contributed by atoms with van der Waals surface area (Å²) >= 11 is 1.33. The average Bonchev–Trinajstić information content (AvgIpc) is 3.26. The number of hydrogen-bond acceptors (Lipinski definition) is 6. The Morgan fingerprint density at radius 1 is 1.29 bits per heavy atom. The van der Waals surface area contributed by atoms with Crippen LogP contribution in [-0.2, 0) is 17.6 Å². The first-order valence-electron chi connectivity index (χ1n) is 9.85. The van der Waals surface area contributed by atoms with Gasteiger partial charge in [0.15, 0.2) is 5.69 Å². The summed E-state index contributed by atoms with van der Waals surface area (Å²) in [4.78, 5) is 15.2. The van der Waals surface area contributed by atoms with E-state index >= 15 is 0 Å². The second kappa shape index (κ2) is 7.13. The normalized spacial score (nSPS) is 31.0. The first-order chi connectivity index (χ1) is 13.6. The minimum Gasteiger partial charge on any atom is -0.493 e. The van der Waals surface area contributed by atoms with Crippen LogP contribution in [0.3, 0.4) is 0 Å². The van der Waals surface area contributed by atoms with Gasteiger partial charge in [-0.15, -0.1) is 11.3 Å². The number of aliphatic hydroxyl groups excluding tert-OH is 1. The average molecular weight is 401 g/mol. The van der Waals surface area contributed by atoms with Gasteiger partial charge in [-0.3, -0.25) is 0 Å². The van der Waals surface area contributed by atoms with E-state index in [-0.39, 0.29) is 29.7 Å². The van der Waals surface area contributed by atoms with Gasteiger partial charge in [-0.25, -0.2) is 9.78 Å². The summed E-state index contributed by atoms with van der Waals surface area (Å²) in [6.45, 7) is 0.496. The zero-order valence-electron chi connectivity index (χ0n) is 15.4. The summed E-state index contributed by atoms with van der Waals surface area (Å²) in [6, 6.07) is 6.27. The maximum Gasteiger partial charge on any atom is 0.355 e. The lowest BCUT2D eigenvalue weighted by Crippen LogP contribution is -2.33. The summed E-state index contributed by atoms with van der Waals surface area (Å²) in [7, 11) is 0. The van der Waals surface area contributed by atoms with Gasteiger partial charge in [-0.1, -0.05) is 6.07 Å². The van der Waals surface area contributed by atoms with E-state index in [1.165, 1.54) is 22.5 Å².